The second-order valence-corrected chi connectivity index (χ2v) is 4.30. The molecule has 3 heteroatoms. The molecule has 3 nitrogen and oxygen atoms in total. The Labute approximate surface area is 100 Å². The fourth-order valence-corrected chi connectivity index (χ4v) is 2.30. The topological polar surface area (TPSA) is 56.2 Å². The molecule has 1 aromatic heterocycles. The molecule has 0 bridgehead atoms. The zero-order chi connectivity index (χ0) is 12.6. The zero-order valence-corrected chi connectivity index (χ0v) is 10.2. The van der Waals surface area contributed by atoms with Crippen molar-refractivity contribution in [2.24, 2.45) is 5.73 Å². The van der Waals surface area contributed by atoms with Gasteiger partial charge in [0.25, 0.3) is 5.91 Å². The lowest BCUT2D eigenvalue weighted by molar-refractivity contribution is 0.0975. The van der Waals surface area contributed by atoms with Crippen LogP contribution in [0.1, 0.15) is 27.2 Å². The summed E-state index contributed by atoms with van der Waals surface area (Å²) in [4.78, 5) is 11.3. The van der Waals surface area contributed by atoms with Gasteiger partial charge in [-0.25, -0.2) is 0 Å². The maximum atomic E-state index is 11.3. The van der Waals surface area contributed by atoms with Gasteiger partial charge in [-0.15, -0.1) is 0 Å². The van der Waals surface area contributed by atoms with Crippen LogP contribution in [0, 0.1) is 20.8 Å². The minimum absolute atomic E-state index is 0.222. The van der Waals surface area contributed by atoms with Gasteiger partial charge < -0.3 is 10.2 Å². The SMILES string of the molecule is Cc1cc(C)c(-c2ccoc2C(N)=O)c(C)c1. The lowest BCUT2D eigenvalue weighted by atomic mass is 9.94. The maximum absolute atomic E-state index is 11.3. The largest absolute Gasteiger partial charge is 0.459 e. The zero-order valence-electron chi connectivity index (χ0n) is 10.2. The van der Waals surface area contributed by atoms with E-state index in [-0.39, 0.29) is 5.76 Å². The van der Waals surface area contributed by atoms with E-state index in [1.165, 1.54) is 11.8 Å². The number of nitrogens with two attached hydrogens (primary N) is 1. The number of furan rings is 1. The van der Waals surface area contributed by atoms with Gasteiger partial charge in [0, 0.05) is 5.56 Å². The molecule has 0 unspecified atom stereocenters. The van der Waals surface area contributed by atoms with Gasteiger partial charge in [-0.1, -0.05) is 17.7 Å². The maximum Gasteiger partial charge on any atom is 0.285 e. The fraction of sp³-hybridized carbons (Fsp3) is 0.214. The first-order valence-corrected chi connectivity index (χ1v) is 5.46. The summed E-state index contributed by atoms with van der Waals surface area (Å²) >= 11 is 0. The summed E-state index contributed by atoms with van der Waals surface area (Å²) in [6, 6.07) is 5.95. The highest BCUT2D eigenvalue weighted by Gasteiger charge is 2.17. The Morgan fingerprint density at radius 1 is 1.18 bits per heavy atom. The monoisotopic (exact) mass is 229 g/mol. The van der Waals surface area contributed by atoms with E-state index in [0.29, 0.717) is 0 Å². The second-order valence-electron chi connectivity index (χ2n) is 4.30. The molecule has 0 saturated carbocycles. The van der Waals surface area contributed by atoms with Gasteiger partial charge in [-0.3, -0.25) is 4.79 Å². The third kappa shape index (κ3) is 1.96. The molecule has 0 aliphatic carbocycles. The number of aryl methyl sites for hydroxylation is 3. The van der Waals surface area contributed by atoms with Crippen LogP contribution in [-0.2, 0) is 0 Å². The molecule has 0 spiro atoms. The minimum Gasteiger partial charge on any atom is -0.459 e. The minimum atomic E-state index is -0.538. The number of rotatable bonds is 2. The molecule has 0 atom stereocenters. The number of hydrogen-bond acceptors (Lipinski definition) is 2. The Morgan fingerprint density at radius 2 is 1.76 bits per heavy atom. The van der Waals surface area contributed by atoms with Crippen molar-refractivity contribution >= 4 is 5.91 Å². The van der Waals surface area contributed by atoms with Gasteiger partial charge in [0.2, 0.25) is 0 Å². The van der Waals surface area contributed by atoms with Gasteiger partial charge in [-0.2, -0.15) is 0 Å². The van der Waals surface area contributed by atoms with Crippen LogP contribution in [0.5, 0.6) is 0 Å². The molecule has 0 fully saturated rings. The number of amides is 1. The first-order valence-electron chi connectivity index (χ1n) is 5.46. The van der Waals surface area contributed by atoms with Crippen molar-refractivity contribution in [1.82, 2.24) is 0 Å². The van der Waals surface area contributed by atoms with E-state index in [1.54, 1.807) is 6.07 Å². The lowest BCUT2D eigenvalue weighted by Crippen LogP contribution is -2.11. The van der Waals surface area contributed by atoms with Crippen molar-refractivity contribution in [2.75, 3.05) is 0 Å². The van der Waals surface area contributed by atoms with E-state index in [2.05, 4.69) is 12.1 Å². The third-order valence-corrected chi connectivity index (χ3v) is 2.84. The molecule has 1 amide bonds. The first-order chi connectivity index (χ1) is 8.00. The molecule has 0 radical (unpaired) electrons. The van der Waals surface area contributed by atoms with Gasteiger partial charge in [-0.05, 0) is 43.5 Å². The van der Waals surface area contributed by atoms with E-state index in [9.17, 15) is 4.79 Å². The molecule has 17 heavy (non-hydrogen) atoms. The molecule has 88 valence electrons. The molecule has 0 aliphatic rings. The van der Waals surface area contributed by atoms with Crippen LogP contribution < -0.4 is 5.73 Å². The van der Waals surface area contributed by atoms with Crippen molar-refractivity contribution in [3.63, 3.8) is 0 Å². The Kier molecular flexibility index (Phi) is 2.76. The summed E-state index contributed by atoms with van der Waals surface area (Å²) in [6.45, 7) is 6.09. The Hall–Kier alpha value is -2.03. The van der Waals surface area contributed by atoms with Crippen molar-refractivity contribution in [3.05, 3.63) is 46.9 Å². The number of hydrogen-bond donors (Lipinski definition) is 1. The quantitative estimate of drug-likeness (QED) is 0.860. The highest BCUT2D eigenvalue weighted by Crippen LogP contribution is 2.31. The van der Waals surface area contributed by atoms with Gasteiger partial charge in [0.05, 0.1) is 6.26 Å². The number of carbonyl (C=O) groups excluding carboxylic acids is 1. The Morgan fingerprint density at radius 3 is 2.29 bits per heavy atom. The Balaban J connectivity index is 2.69. The van der Waals surface area contributed by atoms with Crippen molar-refractivity contribution in [1.29, 1.82) is 0 Å². The number of benzene rings is 1. The van der Waals surface area contributed by atoms with Crippen LogP contribution in [0.4, 0.5) is 0 Å². The fourth-order valence-electron chi connectivity index (χ4n) is 2.30. The summed E-state index contributed by atoms with van der Waals surface area (Å²) in [5, 5.41) is 0. The normalized spacial score (nSPS) is 10.5. The molecular weight excluding hydrogens is 214 g/mol. The molecule has 2 rings (SSSR count). The highest BCUT2D eigenvalue weighted by atomic mass is 16.3. The van der Waals surface area contributed by atoms with Gasteiger partial charge >= 0.3 is 0 Å². The molecule has 2 N–H and O–H groups in total. The van der Waals surface area contributed by atoms with E-state index in [4.69, 9.17) is 10.2 Å². The van der Waals surface area contributed by atoms with E-state index in [1.807, 2.05) is 20.8 Å². The van der Waals surface area contributed by atoms with Gasteiger partial charge in [0.1, 0.15) is 0 Å². The molecule has 0 saturated heterocycles. The number of carbonyl (C=O) groups is 1. The predicted molar refractivity (Wildman–Crippen MR) is 66.9 cm³/mol. The van der Waals surface area contributed by atoms with Crippen molar-refractivity contribution in [2.45, 2.75) is 20.8 Å². The summed E-state index contributed by atoms with van der Waals surface area (Å²) in [7, 11) is 0. The van der Waals surface area contributed by atoms with Crippen LogP contribution in [-0.4, -0.2) is 5.91 Å². The van der Waals surface area contributed by atoms with Crippen LogP contribution in [0.25, 0.3) is 11.1 Å². The second kappa shape index (κ2) is 4.09. The average Bonchev–Trinajstić information content (AvgIpc) is 2.64. The van der Waals surface area contributed by atoms with Crippen LogP contribution in [0.3, 0.4) is 0 Å². The van der Waals surface area contributed by atoms with Gasteiger partial charge in [0.15, 0.2) is 5.76 Å². The third-order valence-electron chi connectivity index (χ3n) is 2.84. The lowest BCUT2D eigenvalue weighted by Gasteiger charge is -2.10. The van der Waals surface area contributed by atoms with E-state index < -0.39 is 5.91 Å². The predicted octanol–water partition coefficient (Wildman–Crippen LogP) is 2.97. The Bertz CT molecular complexity index is 559. The smallest absolute Gasteiger partial charge is 0.285 e. The van der Waals surface area contributed by atoms with Crippen LogP contribution in [0.2, 0.25) is 0 Å². The van der Waals surface area contributed by atoms with E-state index >= 15 is 0 Å². The average molecular weight is 229 g/mol. The standard InChI is InChI=1S/C14H15NO2/c1-8-6-9(2)12(10(3)7-8)11-4-5-17-13(11)14(15)16/h4-7H,1-3H3,(H2,15,16). The van der Waals surface area contributed by atoms with Crippen molar-refractivity contribution in [3.8, 4) is 11.1 Å². The summed E-state index contributed by atoms with van der Waals surface area (Å²) < 4.78 is 5.15. The highest BCUT2D eigenvalue weighted by molar-refractivity contribution is 5.97. The van der Waals surface area contributed by atoms with Crippen LogP contribution in [0.15, 0.2) is 28.9 Å². The van der Waals surface area contributed by atoms with Crippen molar-refractivity contribution < 1.29 is 9.21 Å². The van der Waals surface area contributed by atoms with E-state index in [0.717, 1.165) is 22.3 Å². The summed E-state index contributed by atoms with van der Waals surface area (Å²) in [6.07, 6.45) is 1.49. The molecule has 1 aromatic carbocycles. The number of primary amides is 1. The van der Waals surface area contributed by atoms with Crippen LogP contribution >= 0.6 is 0 Å². The summed E-state index contributed by atoms with van der Waals surface area (Å²) in [5.74, 6) is -0.315. The molecule has 0 aliphatic heterocycles. The summed E-state index contributed by atoms with van der Waals surface area (Å²) in [5.41, 5.74) is 10.5. The molecule has 2 aromatic rings. The molecule has 1 heterocycles. The first kappa shape index (κ1) is 11.5. The molecular formula is C14H15NO2.